The van der Waals surface area contributed by atoms with Crippen LogP contribution in [0.2, 0.25) is 0 Å². The van der Waals surface area contributed by atoms with Gasteiger partial charge in [-0.05, 0) is 56.9 Å². The number of allylic oxidation sites excluding steroid dienone is 2. The fourth-order valence-electron chi connectivity index (χ4n) is 4.74. The van der Waals surface area contributed by atoms with Gasteiger partial charge in [0.1, 0.15) is 6.10 Å². The molecule has 216 valence electrons. The Hall–Kier alpha value is -3.24. The van der Waals surface area contributed by atoms with Gasteiger partial charge >= 0.3 is 5.97 Å². The number of benzene rings is 1. The summed E-state index contributed by atoms with van der Waals surface area (Å²) in [5.41, 5.74) is 1.13. The number of unbranched alkanes of at least 4 members (excludes halogenated alkanes) is 1. The number of carbonyl (C=O) groups is 2. The van der Waals surface area contributed by atoms with Crippen molar-refractivity contribution in [2.75, 3.05) is 13.2 Å². The zero-order valence-corrected chi connectivity index (χ0v) is 22.7. The average Bonchev–Trinajstić information content (AvgIpc) is 3.20. The molecule has 1 fully saturated rings. The third-order valence-corrected chi connectivity index (χ3v) is 6.75. The van der Waals surface area contributed by atoms with Crippen molar-refractivity contribution in [1.29, 1.82) is 0 Å². The lowest BCUT2D eigenvalue weighted by Crippen LogP contribution is -2.25. The maximum atomic E-state index is 12.4. The van der Waals surface area contributed by atoms with E-state index in [-0.39, 0.29) is 43.6 Å². The largest absolute Gasteiger partial charge is 0.462 e. The Morgan fingerprint density at radius 1 is 1.21 bits per heavy atom. The molecule has 3 N–H and O–H groups in total. The molecule has 0 bridgehead atoms. The summed E-state index contributed by atoms with van der Waals surface area (Å²) >= 11 is 0. The minimum absolute atomic E-state index is 0.0303. The van der Waals surface area contributed by atoms with Crippen LogP contribution in [0.1, 0.15) is 63.9 Å². The Bertz CT molecular complexity index is 936. The first-order valence-electron chi connectivity index (χ1n) is 13.8. The van der Waals surface area contributed by atoms with E-state index in [2.05, 4.69) is 10.2 Å². The van der Waals surface area contributed by atoms with Crippen LogP contribution in [0.5, 0.6) is 0 Å². The molecule has 1 amide bonds. The van der Waals surface area contributed by atoms with Crippen LogP contribution in [0.25, 0.3) is 0 Å². The molecule has 2 rings (SSSR count). The van der Waals surface area contributed by atoms with Crippen molar-refractivity contribution in [1.82, 2.24) is 5.32 Å². The molecule has 0 aliphatic heterocycles. The molecule has 1 aromatic carbocycles. The predicted octanol–water partition coefficient (Wildman–Crippen LogP) is 3.69. The molecule has 0 aromatic heterocycles. The van der Waals surface area contributed by atoms with Crippen molar-refractivity contribution in [3.63, 3.8) is 0 Å². The van der Waals surface area contributed by atoms with Crippen LogP contribution < -0.4 is 5.32 Å². The van der Waals surface area contributed by atoms with Crippen LogP contribution in [0, 0.1) is 22.0 Å². The van der Waals surface area contributed by atoms with Crippen LogP contribution in [-0.4, -0.2) is 58.6 Å². The topological polar surface area (TPSA) is 148 Å². The number of hydrogen-bond donors (Lipinski definition) is 3. The second-order valence-corrected chi connectivity index (χ2v) is 9.76. The summed E-state index contributed by atoms with van der Waals surface area (Å²) in [6.07, 6.45) is 9.68. The summed E-state index contributed by atoms with van der Waals surface area (Å²) in [6, 6.07) is 9.87. The van der Waals surface area contributed by atoms with Crippen molar-refractivity contribution in [2.24, 2.45) is 11.8 Å². The summed E-state index contributed by atoms with van der Waals surface area (Å²) in [5, 5.41) is 33.5. The molecule has 0 radical (unpaired) electrons. The highest BCUT2D eigenvalue weighted by Crippen LogP contribution is 2.38. The number of aliphatic hydroxyl groups excluding tert-OH is 2. The number of hydrogen-bond acceptors (Lipinski definition) is 8. The molecule has 0 spiro atoms. The molecule has 1 aromatic rings. The first-order chi connectivity index (χ1) is 18.8. The Morgan fingerprint density at radius 3 is 2.69 bits per heavy atom. The van der Waals surface area contributed by atoms with E-state index in [4.69, 9.17) is 4.74 Å². The van der Waals surface area contributed by atoms with E-state index in [9.17, 15) is 29.9 Å². The summed E-state index contributed by atoms with van der Waals surface area (Å²) in [7, 11) is 0. The standard InChI is InChI=1S/C29H42N2O8/c1-2-30-28(34)14-9-4-3-8-13-24-25(19-18-23(32)17-16-22-11-6-5-7-12-22)27(21-26(24)33)39-29(35)15-10-20-38-31(36)37/h3,5-8,11-12,18-19,23-27,32-33H,2,4,9-10,13-17,20-21H2,1H3,(H,30,34)/t23-,24+,25+,26-,27+/m0/s1. The number of aliphatic hydroxyl groups is 2. The highest BCUT2D eigenvalue weighted by Gasteiger charge is 2.42. The number of nitrogens with zero attached hydrogens (tertiary/aromatic N) is 1. The van der Waals surface area contributed by atoms with Gasteiger partial charge < -0.3 is 25.1 Å². The number of rotatable bonds is 18. The third kappa shape index (κ3) is 12.9. The Labute approximate surface area is 230 Å². The number of nitrogens with one attached hydrogen (secondary N) is 1. The van der Waals surface area contributed by atoms with Crippen molar-refractivity contribution in [3.05, 3.63) is 70.3 Å². The molecule has 10 heteroatoms. The van der Waals surface area contributed by atoms with Crippen molar-refractivity contribution >= 4 is 11.9 Å². The summed E-state index contributed by atoms with van der Waals surface area (Å²) in [5.74, 6) is -0.991. The van der Waals surface area contributed by atoms with Gasteiger partial charge in [0.05, 0.1) is 18.8 Å². The Kier molecular flexibility index (Phi) is 14.9. The predicted molar refractivity (Wildman–Crippen MR) is 146 cm³/mol. The molecule has 1 aliphatic carbocycles. The third-order valence-electron chi connectivity index (χ3n) is 6.75. The van der Waals surface area contributed by atoms with Gasteiger partial charge in [-0.25, -0.2) is 0 Å². The molecular weight excluding hydrogens is 504 g/mol. The summed E-state index contributed by atoms with van der Waals surface area (Å²) < 4.78 is 5.66. The molecule has 10 nitrogen and oxygen atoms in total. The van der Waals surface area contributed by atoms with Gasteiger partial charge in [0.25, 0.3) is 5.09 Å². The van der Waals surface area contributed by atoms with Crippen molar-refractivity contribution in [3.8, 4) is 0 Å². The lowest BCUT2D eigenvalue weighted by atomic mass is 9.89. The number of ether oxygens (including phenoxy) is 1. The SMILES string of the molecule is CCNC(=O)CCCC=CC[C@@H]1[C@@H](C=C[C@@H](O)CCc2ccccc2)[C@H](OC(=O)CCCO[N+](=O)[O-])C[C@@H]1O. The van der Waals surface area contributed by atoms with E-state index in [0.717, 1.165) is 18.4 Å². The monoisotopic (exact) mass is 546 g/mol. The molecule has 5 atom stereocenters. The zero-order chi connectivity index (χ0) is 28.5. The average molecular weight is 547 g/mol. The van der Waals surface area contributed by atoms with Crippen LogP contribution in [0.4, 0.5) is 0 Å². The summed E-state index contributed by atoms with van der Waals surface area (Å²) in [4.78, 5) is 38.5. The van der Waals surface area contributed by atoms with Crippen molar-refractivity contribution in [2.45, 2.75) is 83.0 Å². The molecule has 0 unspecified atom stereocenters. The lowest BCUT2D eigenvalue weighted by Gasteiger charge is -2.22. The highest BCUT2D eigenvalue weighted by molar-refractivity contribution is 5.75. The van der Waals surface area contributed by atoms with Gasteiger partial charge in [0.2, 0.25) is 5.91 Å². The maximum Gasteiger partial charge on any atom is 0.306 e. The zero-order valence-electron chi connectivity index (χ0n) is 22.7. The Balaban J connectivity index is 1.97. The number of aryl methyl sites for hydroxylation is 1. The number of carbonyl (C=O) groups excluding carboxylic acids is 2. The molecule has 0 saturated heterocycles. The van der Waals surface area contributed by atoms with E-state index in [1.165, 1.54) is 0 Å². The fourth-order valence-corrected chi connectivity index (χ4v) is 4.74. The van der Waals surface area contributed by atoms with Crippen LogP contribution >= 0.6 is 0 Å². The van der Waals surface area contributed by atoms with Gasteiger partial charge in [0, 0.05) is 31.7 Å². The summed E-state index contributed by atoms with van der Waals surface area (Å²) in [6.45, 7) is 2.30. The second kappa shape index (κ2) is 18.1. The van der Waals surface area contributed by atoms with Gasteiger partial charge in [-0.1, -0.05) is 54.6 Å². The van der Waals surface area contributed by atoms with E-state index < -0.39 is 29.4 Å². The minimum atomic E-state index is -0.902. The van der Waals surface area contributed by atoms with Crippen LogP contribution in [-0.2, 0) is 25.6 Å². The minimum Gasteiger partial charge on any atom is -0.462 e. The molecule has 0 heterocycles. The lowest BCUT2D eigenvalue weighted by molar-refractivity contribution is -0.757. The Morgan fingerprint density at radius 2 is 1.97 bits per heavy atom. The normalized spacial score (nSPS) is 21.7. The fraction of sp³-hybridized carbons (Fsp3) is 0.586. The quantitative estimate of drug-likeness (QED) is 0.0830. The molecule has 1 saturated carbocycles. The van der Waals surface area contributed by atoms with E-state index >= 15 is 0 Å². The van der Waals surface area contributed by atoms with E-state index in [1.54, 1.807) is 6.08 Å². The molecule has 1 aliphatic rings. The van der Waals surface area contributed by atoms with Gasteiger partial charge in [-0.3, -0.25) is 9.59 Å². The first-order valence-corrected chi connectivity index (χ1v) is 13.8. The molecule has 39 heavy (non-hydrogen) atoms. The molecular formula is C29H42N2O8. The van der Waals surface area contributed by atoms with E-state index in [0.29, 0.717) is 32.2 Å². The smallest absolute Gasteiger partial charge is 0.306 e. The maximum absolute atomic E-state index is 12.4. The van der Waals surface area contributed by atoms with Gasteiger partial charge in [0.15, 0.2) is 0 Å². The number of amides is 1. The van der Waals surface area contributed by atoms with Crippen LogP contribution in [0.3, 0.4) is 0 Å². The van der Waals surface area contributed by atoms with Crippen molar-refractivity contribution < 1.29 is 34.5 Å². The number of esters is 1. The van der Waals surface area contributed by atoms with Crippen LogP contribution in [0.15, 0.2) is 54.6 Å². The highest BCUT2D eigenvalue weighted by atomic mass is 16.9. The van der Waals surface area contributed by atoms with E-state index in [1.807, 2.05) is 55.5 Å². The van der Waals surface area contributed by atoms with Gasteiger partial charge in [-0.15, -0.1) is 10.1 Å². The van der Waals surface area contributed by atoms with Gasteiger partial charge in [-0.2, -0.15) is 0 Å². The second-order valence-electron chi connectivity index (χ2n) is 9.76. The first kappa shape index (κ1) is 32.0.